The van der Waals surface area contributed by atoms with E-state index in [2.05, 4.69) is 143 Å². The number of piperidine rings is 2. The van der Waals surface area contributed by atoms with Crippen LogP contribution in [-0.2, 0) is 18.1 Å². The summed E-state index contributed by atoms with van der Waals surface area (Å²) in [5, 5.41) is 54.1. The van der Waals surface area contributed by atoms with Gasteiger partial charge in [0.15, 0.2) is 0 Å². The van der Waals surface area contributed by atoms with Gasteiger partial charge in [-0.05, 0) is 168 Å². The van der Waals surface area contributed by atoms with E-state index in [1.54, 1.807) is 19.1 Å². The second-order valence-corrected chi connectivity index (χ2v) is 22.4. The Morgan fingerprint density at radius 1 is 0.522 bits per heavy atom. The zero-order valence-electron chi connectivity index (χ0n) is 44.2. The van der Waals surface area contributed by atoms with E-state index < -0.39 is 12.2 Å². The fourth-order valence-electron chi connectivity index (χ4n) is 8.92. The van der Waals surface area contributed by atoms with Crippen LogP contribution < -0.4 is 10.6 Å². The van der Waals surface area contributed by atoms with Crippen molar-refractivity contribution in [2.75, 3.05) is 6.61 Å². The molecule has 0 bridgehead atoms. The molecule has 2 fully saturated rings. The SMILES string of the molecule is CC(O)c1ccc(CO)cc1.CC(ON(C(c1ccccc1)C(C)C)C(C)(C)C)c1ccc(CO)cc1.CC1(C)CCCC(C)(C)N1.CC1(C)CCCC(C)(C)N1.OCC(O)c1ccccc1. The van der Waals surface area contributed by atoms with Crippen molar-refractivity contribution in [3.63, 3.8) is 0 Å². The van der Waals surface area contributed by atoms with Gasteiger partial charge in [-0.1, -0.05) is 123 Å². The predicted molar refractivity (Wildman–Crippen MR) is 279 cm³/mol. The summed E-state index contributed by atoms with van der Waals surface area (Å²) in [6.07, 6.45) is 6.76. The molecule has 6 rings (SSSR count). The molecule has 2 aliphatic rings. The van der Waals surface area contributed by atoms with Gasteiger partial charge in [0.25, 0.3) is 0 Å². The van der Waals surface area contributed by atoms with Gasteiger partial charge in [-0.3, -0.25) is 4.84 Å². The number of nitrogens with zero attached hydrogens (tertiary/aromatic N) is 1. The highest BCUT2D eigenvalue weighted by molar-refractivity contribution is 5.25. The van der Waals surface area contributed by atoms with Crippen molar-refractivity contribution >= 4 is 0 Å². The first-order chi connectivity index (χ1) is 31.1. The third-order valence-corrected chi connectivity index (χ3v) is 12.2. The van der Waals surface area contributed by atoms with E-state index in [1.165, 1.54) is 44.1 Å². The van der Waals surface area contributed by atoms with Crippen LogP contribution in [0.15, 0.2) is 109 Å². The number of hydroxylamine groups is 2. The zero-order chi connectivity index (χ0) is 50.6. The molecular formula is C58H93N3O6. The molecule has 2 aliphatic heterocycles. The van der Waals surface area contributed by atoms with Gasteiger partial charge in [-0.25, -0.2) is 0 Å². The Morgan fingerprint density at radius 2 is 0.881 bits per heavy atom. The Labute approximate surface area is 407 Å². The quantitative estimate of drug-likeness (QED) is 0.0733. The molecule has 0 amide bonds. The van der Waals surface area contributed by atoms with Crippen LogP contribution in [0.3, 0.4) is 0 Å². The molecule has 0 spiro atoms. The van der Waals surface area contributed by atoms with E-state index in [-0.39, 0.29) is 37.5 Å². The third-order valence-electron chi connectivity index (χ3n) is 12.2. The minimum atomic E-state index is -0.735. The summed E-state index contributed by atoms with van der Waals surface area (Å²) >= 11 is 0. The number of hydrogen-bond donors (Lipinski definition) is 7. The van der Waals surface area contributed by atoms with E-state index in [4.69, 9.17) is 25.3 Å². The van der Waals surface area contributed by atoms with E-state index in [1.807, 2.05) is 66.7 Å². The van der Waals surface area contributed by atoms with Gasteiger partial charge in [0.1, 0.15) is 12.2 Å². The summed E-state index contributed by atoms with van der Waals surface area (Å²) < 4.78 is 0. The lowest BCUT2D eigenvalue weighted by molar-refractivity contribution is -0.272. The summed E-state index contributed by atoms with van der Waals surface area (Å²) in [6, 6.07) is 35.0. The number of aliphatic hydroxyl groups is 5. The first-order valence-corrected chi connectivity index (χ1v) is 24.7. The first kappa shape index (κ1) is 59.6. The van der Waals surface area contributed by atoms with Crippen molar-refractivity contribution in [1.29, 1.82) is 0 Å². The molecule has 7 N–H and O–H groups in total. The minimum absolute atomic E-state index is 0.0556. The van der Waals surface area contributed by atoms with Gasteiger partial charge < -0.3 is 36.2 Å². The van der Waals surface area contributed by atoms with Gasteiger partial charge in [0, 0.05) is 27.7 Å². The summed E-state index contributed by atoms with van der Waals surface area (Å²) in [4.78, 5) is 6.52. The fraction of sp³-hybridized carbons (Fsp3) is 0.586. The standard InChI is InChI=1S/C23H33NO2.2C9H19N.C9H12O2.C8H10O2/c1-17(2)22(21-10-8-7-9-11-21)24(23(4,5)6)26-18(3)20-14-12-19(16-25)13-15-20;2*1-8(2)6-5-7-9(3,4)10-8;1-7(11)9-4-2-8(6-10)3-5-9;9-6-8(10)7-4-2-1-3-5-7/h7-15,17-18,22,25H,16H2,1-6H3;2*10H,5-7H2,1-4H3;2-5,7,10-11H,6H2,1H3;1-5,8-10H,6H2. The van der Waals surface area contributed by atoms with Gasteiger partial charge in [0.2, 0.25) is 0 Å². The predicted octanol–water partition coefficient (Wildman–Crippen LogP) is 12.2. The molecule has 2 saturated heterocycles. The van der Waals surface area contributed by atoms with Gasteiger partial charge >= 0.3 is 0 Å². The maximum atomic E-state index is 9.24. The number of nitrogens with one attached hydrogen (secondary N) is 2. The highest BCUT2D eigenvalue weighted by Gasteiger charge is 2.35. The largest absolute Gasteiger partial charge is 0.393 e. The van der Waals surface area contributed by atoms with Crippen molar-refractivity contribution in [3.05, 3.63) is 143 Å². The molecule has 0 radical (unpaired) electrons. The van der Waals surface area contributed by atoms with Crippen LogP contribution in [0.1, 0.15) is 200 Å². The van der Waals surface area contributed by atoms with Crippen LogP contribution in [0.25, 0.3) is 0 Å². The Kier molecular flexibility index (Phi) is 24.6. The number of aliphatic hydroxyl groups excluding tert-OH is 5. The van der Waals surface area contributed by atoms with Crippen LogP contribution in [-0.4, -0.2) is 64.9 Å². The van der Waals surface area contributed by atoms with Gasteiger partial charge in [-0.2, -0.15) is 5.06 Å². The maximum absolute atomic E-state index is 9.24. The van der Waals surface area contributed by atoms with Crippen LogP contribution in [0.5, 0.6) is 0 Å². The average Bonchev–Trinajstić information content (AvgIpc) is 3.25. The molecule has 376 valence electrons. The smallest absolute Gasteiger partial charge is 0.102 e. The molecule has 9 heteroatoms. The monoisotopic (exact) mass is 928 g/mol. The highest BCUT2D eigenvalue weighted by Crippen LogP contribution is 2.37. The molecule has 0 saturated carbocycles. The molecule has 67 heavy (non-hydrogen) atoms. The third kappa shape index (κ3) is 22.7. The van der Waals surface area contributed by atoms with E-state index in [0.717, 1.165) is 27.8 Å². The van der Waals surface area contributed by atoms with Crippen molar-refractivity contribution < 1.29 is 30.4 Å². The summed E-state index contributed by atoms with van der Waals surface area (Å²) in [7, 11) is 0. The average molecular weight is 928 g/mol. The van der Waals surface area contributed by atoms with Crippen LogP contribution in [0, 0.1) is 5.92 Å². The molecular weight excluding hydrogens is 835 g/mol. The second-order valence-electron chi connectivity index (χ2n) is 22.4. The molecule has 0 aliphatic carbocycles. The van der Waals surface area contributed by atoms with Crippen LogP contribution in [0.4, 0.5) is 0 Å². The Morgan fingerprint density at radius 3 is 1.16 bits per heavy atom. The number of rotatable bonds is 11. The van der Waals surface area contributed by atoms with Crippen molar-refractivity contribution in [3.8, 4) is 0 Å². The fourth-order valence-corrected chi connectivity index (χ4v) is 8.92. The van der Waals surface area contributed by atoms with Crippen LogP contribution >= 0.6 is 0 Å². The molecule has 9 nitrogen and oxygen atoms in total. The summed E-state index contributed by atoms with van der Waals surface area (Å²) in [6.45, 7) is 33.0. The normalized spacial score (nSPS) is 18.7. The van der Waals surface area contributed by atoms with E-state index in [0.29, 0.717) is 28.1 Å². The van der Waals surface area contributed by atoms with E-state index in [9.17, 15) is 5.11 Å². The molecule has 0 aromatic heterocycles. The second kappa shape index (κ2) is 27.6. The molecule has 4 aromatic rings. The van der Waals surface area contributed by atoms with Crippen molar-refractivity contribution in [2.45, 2.75) is 208 Å². The Hall–Kier alpha value is -3.48. The lowest BCUT2D eigenvalue weighted by atomic mass is 9.83. The minimum Gasteiger partial charge on any atom is -0.393 e. The van der Waals surface area contributed by atoms with Gasteiger partial charge in [0.05, 0.1) is 32.0 Å². The van der Waals surface area contributed by atoms with Crippen molar-refractivity contribution in [1.82, 2.24) is 15.7 Å². The lowest BCUT2D eigenvalue weighted by Gasteiger charge is -2.44. The van der Waals surface area contributed by atoms with E-state index >= 15 is 0 Å². The Bertz CT molecular complexity index is 1850. The maximum Gasteiger partial charge on any atom is 0.102 e. The molecule has 4 aromatic carbocycles. The van der Waals surface area contributed by atoms with Gasteiger partial charge in [-0.15, -0.1) is 0 Å². The summed E-state index contributed by atoms with van der Waals surface area (Å²) in [5.41, 5.74) is 7.09. The Balaban J connectivity index is 0.000000313. The topological polar surface area (TPSA) is 138 Å². The molecule has 4 unspecified atom stereocenters. The highest BCUT2D eigenvalue weighted by atomic mass is 16.7. The first-order valence-electron chi connectivity index (χ1n) is 24.7. The molecule has 4 atom stereocenters. The number of benzene rings is 4. The van der Waals surface area contributed by atoms with Crippen molar-refractivity contribution in [2.24, 2.45) is 5.92 Å². The summed E-state index contributed by atoms with van der Waals surface area (Å²) in [5.74, 6) is 0.403. The lowest BCUT2D eigenvalue weighted by Crippen LogP contribution is -2.55. The zero-order valence-corrected chi connectivity index (χ0v) is 44.2. The molecule has 2 heterocycles. The number of hydrogen-bond acceptors (Lipinski definition) is 9. The van der Waals surface area contributed by atoms with Crippen LogP contribution in [0.2, 0.25) is 0 Å².